The summed E-state index contributed by atoms with van der Waals surface area (Å²) < 4.78 is 47.2. The molecule has 3 rings (SSSR count). The molecule has 1 heterocycles. The van der Waals surface area contributed by atoms with Gasteiger partial charge in [0.25, 0.3) is 15.9 Å². The van der Waals surface area contributed by atoms with Gasteiger partial charge in [0, 0.05) is 6.54 Å². The molecule has 0 bridgehead atoms. The molecule has 0 unspecified atom stereocenters. The van der Waals surface area contributed by atoms with Crippen LogP contribution in [0.1, 0.15) is 5.56 Å². The third-order valence-electron chi connectivity index (χ3n) is 3.90. The van der Waals surface area contributed by atoms with Crippen molar-refractivity contribution in [1.29, 1.82) is 0 Å². The maximum absolute atomic E-state index is 13.1. The molecule has 0 spiro atoms. The highest BCUT2D eigenvalue weighted by molar-refractivity contribution is 8.19. The molecule has 29 heavy (non-hydrogen) atoms. The Balaban J connectivity index is 1.98. The van der Waals surface area contributed by atoms with E-state index < -0.39 is 15.8 Å². The summed E-state index contributed by atoms with van der Waals surface area (Å²) >= 11 is 0.945. The molecule has 0 aliphatic carbocycles. The number of carbonyl (C=O) groups is 1. The van der Waals surface area contributed by atoms with Gasteiger partial charge < -0.3 is 4.74 Å². The fourth-order valence-electron chi connectivity index (χ4n) is 2.51. The average Bonchev–Trinajstić information content (AvgIpc) is 2.97. The van der Waals surface area contributed by atoms with E-state index in [0.717, 1.165) is 41.6 Å². The molecular weight excluding hydrogens is 415 g/mol. The predicted molar refractivity (Wildman–Crippen MR) is 111 cm³/mol. The van der Waals surface area contributed by atoms with Gasteiger partial charge in [-0.2, -0.15) is 8.42 Å². The molecule has 1 saturated heterocycles. The van der Waals surface area contributed by atoms with Crippen LogP contribution in [0.4, 0.5) is 4.39 Å². The van der Waals surface area contributed by atoms with Gasteiger partial charge in [0.15, 0.2) is 5.17 Å². The molecule has 1 amide bonds. The van der Waals surface area contributed by atoms with Crippen LogP contribution in [-0.4, -0.2) is 38.0 Å². The molecule has 0 N–H and O–H groups in total. The van der Waals surface area contributed by atoms with Crippen LogP contribution in [0.2, 0.25) is 0 Å². The molecule has 1 aliphatic heterocycles. The minimum absolute atomic E-state index is 0.00775. The van der Waals surface area contributed by atoms with Gasteiger partial charge in [-0.3, -0.25) is 9.69 Å². The number of hydrogen-bond acceptors (Lipinski definition) is 5. The van der Waals surface area contributed by atoms with E-state index in [1.165, 1.54) is 11.0 Å². The van der Waals surface area contributed by atoms with Gasteiger partial charge in [-0.05, 0) is 59.8 Å². The number of hydrogen-bond donors (Lipinski definition) is 0. The van der Waals surface area contributed by atoms with Gasteiger partial charge in [-0.25, -0.2) is 4.39 Å². The van der Waals surface area contributed by atoms with Crippen molar-refractivity contribution < 1.29 is 22.3 Å². The van der Waals surface area contributed by atoms with Crippen molar-refractivity contribution in [3.05, 3.63) is 77.5 Å². The highest BCUT2D eigenvalue weighted by atomic mass is 32.2. The molecule has 6 nitrogen and oxygen atoms in total. The molecule has 1 fully saturated rings. The Labute approximate surface area is 172 Å². The van der Waals surface area contributed by atoms with Crippen LogP contribution in [0.25, 0.3) is 6.08 Å². The number of amides is 1. The van der Waals surface area contributed by atoms with Crippen molar-refractivity contribution in [2.45, 2.75) is 4.90 Å². The monoisotopic (exact) mass is 432 g/mol. The van der Waals surface area contributed by atoms with Crippen molar-refractivity contribution in [1.82, 2.24) is 4.90 Å². The zero-order valence-corrected chi connectivity index (χ0v) is 17.0. The Morgan fingerprint density at radius 1 is 1.24 bits per heavy atom. The minimum Gasteiger partial charge on any atom is -0.497 e. The van der Waals surface area contributed by atoms with Crippen LogP contribution in [0.5, 0.6) is 5.75 Å². The van der Waals surface area contributed by atoms with Crippen LogP contribution in [0, 0.1) is 5.82 Å². The first-order chi connectivity index (χ1) is 13.8. The van der Waals surface area contributed by atoms with E-state index in [9.17, 15) is 17.6 Å². The topological polar surface area (TPSA) is 76.0 Å². The van der Waals surface area contributed by atoms with Crippen molar-refractivity contribution in [3.63, 3.8) is 0 Å². The van der Waals surface area contributed by atoms with E-state index in [4.69, 9.17) is 4.74 Å². The Morgan fingerprint density at radius 3 is 2.62 bits per heavy atom. The summed E-state index contributed by atoms with van der Waals surface area (Å²) in [6.45, 7) is 3.70. The van der Waals surface area contributed by atoms with E-state index in [1.54, 1.807) is 37.5 Å². The standard InChI is InChI=1S/C20H17FN2O4S2/c1-3-11-23-19(24)18(13-14-5-4-6-16(12-14)27-2)28-20(23)22-29(25,26)17-9-7-15(21)8-10-17/h3-10,12-13H,1,11H2,2H3/b18-13-,22-20+. The summed E-state index contributed by atoms with van der Waals surface area (Å²) in [5, 5.41) is 0.00775. The van der Waals surface area contributed by atoms with Crippen LogP contribution >= 0.6 is 11.8 Å². The molecule has 0 aromatic heterocycles. The Hall–Kier alpha value is -2.91. The van der Waals surface area contributed by atoms with E-state index in [1.807, 2.05) is 0 Å². The number of carbonyl (C=O) groups excluding carboxylic acids is 1. The highest BCUT2D eigenvalue weighted by Crippen LogP contribution is 2.34. The summed E-state index contributed by atoms with van der Waals surface area (Å²) in [5.41, 5.74) is 0.724. The lowest BCUT2D eigenvalue weighted by Gasteiger charge is -2.12. The molecule has 0 saturated carbocycles. The van der Waals surface area contributed by atoms with Crippen LogP contribution < -0.4 is 4.74 Å². The molecule has 1 aliphatic rings. The van der Waals surface area contributed by atoms with Gasteiger partial charge in [0.1, 0.15) is 11.6 Å². The number of nitrogens with zero attached hydrogens (tertiary/aromatic N) is 2. The first-order valence-electron chi connectivity index (χ1n) is 8.41. The van der Waals surface area contributed by atoms with Crippen LogP contribution in [0.3, 0.4) is 0 Å². The molecule has 2 aromatic carbocycles. The zero-order valence-electron chi connectivity index (χ0n) is 15.4. The van der Waals surface area contributed by atoms with Crippen LogP contribution in [0.15, 0.2) is 75.4 Å². The lowest BCUT2D eigenvalue weighted by Crippen LogP contribution is -2.29. The van der Waals surface area contributed by atoms with Crippen molar-refractivity contribution in [2.24, 2.45) is 4.40 Å². The quantitative estimate of drug-likeness (QED) is 0.514. The highest BCUT2D eigenvalue weighted by Gasteiger charge is 2.34. The van der Waals surface area contributed by atoms with Crippen LogP contribution in [-0.2, 0) is 14.8 Å². The van der Waals surface area contributed by atoms with Crippen molar-refractivity contribution in [2.75, 3.05) is 13.7 Å². The number of ether oxygens (including phenoxy) is 1. The SMILES string of the molecule is C=CCN1C(=O)/C(=C/c2cccc(OC)c2)S/C1=N/S(=O)(=O)c1ccc(F)cc1. The zero-order chi connectivity index (χ0) is 21.0. The lowest BCUT2D eigenvalue weighted by atomic mass is 10.2. The fraction of sp³-hybridized carbons (Fsp3) is 0.100. The molecule has 0 atom stereocenters. The molecule has 150 valence electrons. The maximum Gasteiger partial charge on any atom is 0.284 e. The number of rotatable bonds is 6. The van der Waals surface area contributed by atoms with Gasteiger partial charge >= 0.3 is 0 Å². The number of amidine groups is 1. The van der Waals surface area contributed by atoms with Crippen molar-refractivity contribution in [3.8, 4) is 5.75 Å². The van der Waals surface area contributed by atoms with E-state index in [0.29, 0.717) is 10.7 Å². The number of thioether (sulfide) groups is 1. The maximum atomic E-state index is 13.1. The number of halogens is 1. The summed E-state index contributed by atoms with van der Waals surface area (Å²) in [7, 11) is -2.58. The van der Waals surface area contributed by atoms with Gasteiger partial charge in [-0.1, -0.05) is 18.2 Å². The first-order valence-corrected chi connectivity index (χ1v) is 10.7. The van der Waals surface area contributed by atoms with Gasteiger partial charge in [-0.15, -0.1) is 11.0 Å². The fourth-order valence-corrected chi connectivity index (χ4v) is 4.70. The Morgan fingerprint density at radius 2 is 1.97 bits per heavy atom. The Bertz CT molecular complexity index is 1110. The second-order valence-corrected chi connectivity index (χ2v) is 8.51. The van der Waals surface area contributed by atoms with Crippen molar-refractivity contribution >= 4 is 38.9 Å². The lowest BCUT2D eigenvalue weighted by molar-refractivity contribution is -0.121. The van der Waals surface area contributed by atoms with Gasteiger partial charge in [0.2, 0.25) is 0 Å². The van der Waals surface area contributed by atoms with E-state index >= 15 is 0 Å². The molecule has 0 radical (unpaired) electrons. The third-order valence-corrected chi connectivity index (χ3v) is 6.30. The number of methoxy groups -OCH3 is 1. The normalized spacial score (nSPS) is 17.2. The molecule has 9 heteroatoms. The number of benzene rings is 2. The summed E-state index contributed by atoms with van der Waals surface area (Å²) in [6, 6.07) is 11.4. The summed E-state index contributed by atoms with van der Waals surface area (Å²) in [4.78, 5) is 14.1. The Kier molecular flexibility index (Phi) is 6.19. The molecule has 2 aromatic rings. The molecular formula is C20H17FN2O4S2. The van der Waals surface area contributed by atoms with Gasteiger partial charge in [0.05, 0.1) is 16.9 Å². The smallest absolute Gasteiger partial charge is 0.284 e. The predicted octanol–water partition coefficient (Wildman–Crippen LogP) is 3.68. The number of sulfonamides is 1. The average molecular weight is 432 g/mol. The summed E-state index contributed by atoms with van der Waals surface area (Å²) in [6.07, 6.45) is 3.12. The second kappa shape index (κ2) is 8.62. The minimum atomic E-state index is -4.12. The third kappa shape index (κ3) is 4.75. The van der Waals surface area contributed by atoms with E-state index in [2.05, 4.69) is 11.0 Å². The largest absolute Gasteiger partial charge is 0.497 e. The second-order valence-electron chi connectivity index (χ2n) is 5.89. The van der Waals surface area contributed by atoms with E-state index in [-0.39, 0.29) is 22.5 Å². The summed E-state index contributed by atoms with van der Waals surface area (Å²) in [5.74, 6) is -0.310. The first kappa shape index (κ1) is 20.8.